The van der Waals surface area contributed by atoms with Crippen molar-refractivity contribution in [3.8, 4) is 6.07 Å². The quantitative estimate of drug-likeness (QED) is 0.815. The molecule has 1 saturated heterocycles. The summed E-state index contributed by atoms with van der Waals surface area (Å²) in [6, 6.07) is 9.02. The second kappa shape index (κ2) is 4.77. The summed E-state index contributed by atoms with van der Waals surface area (Å²) < 4.78 is 5.15. The zero-order chi connectivity index (χ0) is 11.4. The van der Waals surface area contributed by atoms with Crippen LogP contribution >= 0.6 is 0 Å². The van der Waals surface area contributed by atoms with E-state index in [0.717, 1.165) is 6.42 Å². The highest BCUT2D eigenvalue weighted by atomic mass is 16.5. The number of para-hydroxylation sites is 1. The summed E-state index contributed by atoms with van der Waals surface area (Å²) in [4.78, 5) is 11.8. The monoisotopic (exact) mass is 216 g/mol. The molecule has 1 heterocycles. The molecule has 4 heteroatoms. The fourth-order valence-corrected chi connectivity index (χ4v) is 1.67. The fourth-order valence-electron chi connectivity index (χ4n) is 1.67. The molecule has 1 aliphatic rings. The summed E-state index contributed by atoms with van der Waals surface area (Å²) in [6.45, 7) is 1.11. The van der Waals surface area contributed by atoms with Gasteiger partial charge >= 0.3 is 0 Å². The molecule has 1 aliphatic heterocycles. The highest BCUT2D eigenvalue weighted by Gasteiger charge is 2.23. The molecular weight excluding hydrogens is 204 g/mol. The maximum Gasteiger partial charge on any atom is 0.229 e. The normalized spacial score (nSPS) is 19.1. The Balaban J connectivity index is 2.08. The number of carbonyl (C=O) groups excluding carboxylic acids is 1. The van der Waals surface area contributed by atoms with Gasteiger partial charge in [-0.1, -0.05) is 12.1 Å². The molecule has 0 saturated carbocycles. The summed E-state index contributed by atoms with van der Waals surface area (Å²) in [5.74, 6) is -0.160. The van der Waals surface area contributed by atoms with Gasteiger partial charge in [-0.15, -0.1) is 0 Å². The van der Waals surface area contributed by atoms with Crippen LogP contribution in [0, 0.1) is 17.2 Å². The molecule has 1 aromatic carbocycles. The van der Waals surface area contributed by atoms with Crippen molar-refractivity contribution in [3.05, 3.63) is 29.8 Å². The van der Waals surface area contributed by atoms with Crippen LogP contribution in [0.25, 0.3) is 0 Å². The lowest BCUT2D eigenvalue weighted by atomic mass is 10.1. The highest BCUT2D eigenvalue weighted by Crippen LogP contribution is 2.18. The molecule has 4 nitrogen and oxygen atoms in total. The minimum Gasteiger partial charge on any atom is -0.381 e. The molecule has 1 N–H and O–H groups in total. The van der Waals surface area contributed by atoms with Gasteiger partial charge in [-0.2, -0.15) is 5.26 Å². The number of rotatable bonds is 2. The smallest absolute Gasteiger partial charge is 0.229 e. The summed E-state index contributed by atoms with van der Waals surface area (Å²) in [7, 11) is 0. The predicted molar refractivity (Wildman–Crippen MR) is 58.7 cm³/mol. The first-order valence-corrected chi connectivity index (χ1v) is 5.19. The van der Waals surface area contributed by atoms with Crippen molar-refractivity contribution in [1.82, 2.24) is 0 Å². The van der Waals surface area contributed by atoms with Crippen molar-refractivity contribution in [2.24, 2.45) is 5.92 Å². The summed E-state index contributed by atoms with van der Waals surface area (Å²) in [5.41, 5.74) is 1.05. The van der Waals surface area contributed by atoms with Gasteiger partial charge in [0.25, 0.3) is 0 Å². The van der Waals surface area contributed by atoms with Crippen LogP contribution < -0.4 is 5.32 Å². The van der Waals surface area contributed by atoms with Gasteiger partial charge in [0.15, 0.2) is 0 Å². The SMILES string of the molecule is N#Cc1ccccc1NC(=O)C1CCOC1. The zero-order valence-electron chi connectivity index (χ0n) is 8.77. The van der Waals surface area contributed by atoms with Crippen LogP contribution in [-0.4, -0.2) is 19.1 Å². The van der Waals surface area contributed by atoms with Crippen LogP contribution in [0.4, 0.5) is 5.69 Å². The van der Waals surface area contributed by atoms with Gasteiger partial charge in [0.2, 0.25) is 5.91 Å². The number of ether oxygens (including phenoxy) is 1. The maximum absolute atomic E-state index is 11.8. The summed E-state index contributed by atoms with van der Waals surface area (Å²) >= 11 is 0. The number of hydrogen-bond donors (Lipinski definition) is 1. The Bertz CT molecular complexity index is 431. The lowest BCUT2D eigenvalue weighted by Crippen LogP contribution is -2.23. The van der Waals surface area contributed by atoms with Gasteiger partial charge < -0.3 is 10.1 Å². The molecule has 1 fully saturated rings. The van der Waals surface area contributed by atoms with E-state index >= 15 is 0 Å². The van der Waals surface area contributed by atoms with E-state index in [1.54, 1.807) is 24.3 Å². The number of nitrogens with one attached hydrogen (secondary N) is 1. The van der Waals surface area contributed by atoms with Gasteiger partial charge in [-0.05, 0) is 18.6 Å². The second-order valence-corrected chi connectivity index (χ2v) is 3.71. The number of anilines is 1. The Morgan fingerprint density at radius 2 is 2.31 bits per heavy atom. The van der Waals surface area contributed by atoms with E-state index in [2.05, 4.69) is 5.32 Å². The van der Waals surface area contributed by atoms with Gasteiger partial charge in [0, 0.05) is 6.61 Å². The molecule has 0 radical (unpaired) electrons. The minimum atomic E-state index is -0.0910. The molecule has 0 bridgehead atoms. The number of nitrogens with zero attached hydrogens (tertiary/aromatic N) is 1. The average molecular weight is 216 g/mol. The van der Waals surface area contributed by atoms with Gasteiger partial charge in [-0.25, -0.2) is 0 Å². The van der Waals surface area contributed by atoms with E-state index in [1.807, 2.05) is 6.07 Å². The van der Waals surface area contributed by atoms with Crippen LogP contribution in [0.15, 0.2) is 24.3 Å². The number of carbonyl (C=O) groups is 1. The molecule has 0 aromatic heterocycles. The number of amides is 1. The highest BCUT2D eigenvalue weighted by molar-refractivity contribution is 5.94. The number of nitriles is 1. The summed E-state index contributed by atoms with van der Waals surface area (Å²) in [6.07, 6.45) is 0.751. The zero-order valence-corrected chi connectivity index (χ0v) is 8.77. The first-order valence-electron chi connectivity index (χ1n) is 5.19. The molecule has 1 atom stereocenters. The summed E-state index contributed by atoms with van der Waals surface area (Å²) in [5, 5.41) is 11.6. The molecule has 0 spiro atoms. The lowest BCUT2D eigenvalue weighted by molar-refractivity contribution is -0.119. The Labute approximate surface area is 93.8 Å². The molecule has 1 aromatic rings. The third-order valence-corrected chi connectivity index (χ3v) is 2.61. The molecular formula is C12H12N2O2. The van der Waals surface area contributed by atoms with Gasteiger partial charge in [0.05, 0.1) is 23.8 Å². The van der Waals surface area contributed by atoms with E-state index in [0.29, 0.717) is 24.5 Å². The standard InChI is InChI=1S/C12H12N2O2/c13-7-9-3-1-2-4-11(9)14-12(15)10-5-6-16-8-10/h1-4,10H,5-6,8H2,(H,14,15). The predicted octanol–water partition coefficient (Wildman–Crippen LogP) is 1.53. The molecule has 2 rings (SSSR count). The van der Waals surface area contributed by atoms with Gasteiger partial charge in [-0.3, -0.25) is 4.79 Å². The Kier molecular flexibility index (Phi) is 3.18. The first kappa shape index (κ1) is 10.7. The van der Waals surface area contributed by atoms with Crippen molar-refractivity contribution in [1.29, 1.82) is 5.26 Å². The minimum absolute atomic E-state index is 0.0693. The second-order valence-electron chi connectivity index (χ2n) is 3.71. The average Bonchev–Trinajstić information content (AvgIpc) is 2.83. The number of benzene rings is 1. The van der Waals surface area contributed by atoms with Crippen LogP contribution in [0.2, 0.25) is 0 Å². The Hall–Kier alpha value is -1.86. The molecule has 1 amide bonds. The van der Waals surface area contributed by atoms with E-state index in [9.17, 15) is 4.79 Å². The molecule has 0 aliphatic carbocycles. The molecule has 1 unspecified atom stereocenters. The lowest BCUT2D eigenvalue weighted by Gasteiger charge is -2.10. The first-order chi connectivity index (χ1) is 7.81. The van der Waals surface area contributed by atoms with Crippen molar-refractivity contribution < 1.29 is 9.53 Å². The van der Waals surface area contributed by atoms with Crippen LogP contribution in [0.1, 0.15) is 12.0 Å². The van der Waals surface area contributed by atoms with E-state index in [-0.39, 0.29) is 11.8 Å². The maximum atomic E-state index is 11.8. The third kappa shape index (κ3) is 2.20. The van der Waals surface area contributed by atoms with E-state index in [4.69, 9.17) is 10.00 Å². The molecule has 82 valence electrons. The van der Waals surface area contributed by atoms with Gasteiger partial charge in [0.1, 0.15) is 6.07 Å². The van der Waals surface area contributed by atoms with Crippen LogP contribution in [0.5, 0.6) is 0 Å². The largest absolute Gasteiger partial charge is 0.381 e. The van der Waals surface area contributed by atoms with E-state index in [1.165, 1.54) is 0 Å². The number of hydrogen-bond acceptors (Lipinski definition) is 3. The fraction of sp³-hybridized carbons (Fsp3) is 0.333. The topological polar surface area (TPSA) is 62.1 Å². The van der Waals surface area contributed by atoms with Crippen molar-refractivity contribution in [3.63, 3.8) is 0 Å². The van der Waals surface area contributed by atoms with E-state index < -0.39 is 0 Å². The third-order valence-electron chi connectivity index (χ3n) is 2.61. The van der Waals surface area contributed by atoms with Crippen molar-refractivity contribution in [2.75, 3.05) is 18.5 Å². The molecule has 16 heavy (non-hydrogen) atoms. The van der Waals surface area contributed by atoms with Crippen LogP contribution in [0.3, 0.4) is 0 Å². The van der Waals surface area contributed by atoms with Crippen molar-refractivity contribution in [2.45, 2.75) is 6.42 Å². The Morgan fingerprint density at radius 3 is 3.00 bits per heavy atom. The van der Waals surface area contributed by atoms with Crippen LogP contribution in [-0.2, 0) is 9.53 Å². The Morgan fingerprint density at radius 1 is 1.50 bits per heavy atom. The van der Waals surface area contributed by atoms with Crippen molar-refractivity contribution >= 4 is 11.6 Å².